The fourth-order valence-electron chi connectivity index (χ4n) is 3.26. The minimum absolute atomic E-state index is 0.00810. The minimum atomic E-state index is -1.45. The normalized spacial score (nSPS) is 25.0. The molecule has 1 amide bonds. The van der Waals surface area contributed by atoms with Crippen molar-refractivity contribution in [2.45, 2.75) is 43.9 Å². The summed E-state index contributed by atoms with van der Waals surface area (Å²) in [6, 6.07) is 6.01. The van der Waals surface area contributed by atoms with Crippen molar-refractivity contribution in [2.24, 2.45) is 11.5 Å². The van der Waals surface area contributed by atoms with E-state index in [1.165, 1.54) is 13.1 Å². The molecule has 9 heteroatoms. The van der Waals surface area contributed by atoms with Crippen LogP contribution in [0, 0.1) is 0 Å². The average molecular weight is 373 g/mol. The Morgan fingerprint density at radius 3 is 2.89 bits per heavy atom. The standard InChI is InChI=1S/C18H24FN7O/c1-18(19)7-3-6-12(15(18)21)25-13-9-23-14(16(22)27)17(26-13)24-11-5-2-4-10(20)8-11/h2,4-5,8-9,12,15H,3,6-7,20-21H2,1H3,(H2,22,27)(H2,24,25,26)/t12-,15-,18?/m1/s1. The van der Waals surface area contributed by atoms with E-state index in [4.69, 9.17) is 17.2 Å². The Bertz CT molecular complexity index is 842. The predicted molar refractivity (Wildman–Crippen MR) is 103 cm³/mol. The molecule has 1 unspecified atom stereocenters. The van der Waals surface area contributed by atoms with E-state index in [0.29, 0.717) is 23.6 Å². The molecule has 1 fully saturated rings. The Balaban J connectivity index is 1.86. The number of halogens is 1. The number of primary amides is 1. The van der Waals surface area contributed by atoms with Crippen LogP contribution in [0.25, 0.3) is 0 Å². The zero-order chi connectivity index (χ0) is 19.6. The lowest BCUT2D eigenvalue weighted by Crippen LogP contribution is -2.55. The van der Waals surface area contributed by atoms with Crippen LogP contribution < -0.4 is 27.8 Å². The summed E-state index contributed by atoms with van der Waals surface area (Å²) in [5, 5.41) is 6.13. The van der Waals surface area contributed by atoms with Gasteiger partial charge in [-0.3, -0.25) is 4.79 Å². The molecule has 0 aliphatic heterocycles. The number of hydrogen-bond donors (Lipinski definition) is 5. The van der Waals surface area contributed by atoms with Crippen molar-refractivity contribution in [3.8, 4) is 0 Å². The maximum atomic E-state index is 14.5. The van der Waals surface area contributed by atoms with Crippen LogP contribution >= 0.6 is 0 Å². The number of anilines is 4. The Kier molecular flexibility index (Phi) is 5.13. The van der Waals surface area contributed by atoms with Crippen LogP contribution in [0.3, 0.4) is 0 Å². The zero-order valence-electron chi connectivity index (χ0n) is 15.1. The third-order valence-electron chi connectivity index (χ3n) is 4.80. The van der Waals surface area contributed by atoms with Crippen molar-refractivity contribution < 1.29 is 9.18 Å². The van der Waals surface area contributed by atoms with Crippen LogP contribution in [0.15, 0.2) is 30.5 Å². The molecule has 1 aromatic carbocycles. The van der Waals surface area contributed by atoms with E-state index in [-0.39, 0.29) is 17.6 Å². The van der Waals surface area contributed by atoms with E-state index in [2.05, 4.69) is 20.6 Å². The molecular weight excluding hydrogens is 349 g/mol. The smallest absolute Gasteiger partial charge is 0.271 e. The molecular formula is C18H24FN7O. The van der Waals surface area contributed by atoms with Gasteiger partial charge in [-0.05, 0) is 44.4 Å². The highest BCUT2D eigenvalue weighted by Crippen LogP contribution is 2.32. The summed E-state index contributed by atoms with van der Waals surface area (Å²) in [6.07, 6.45) is 3.26. The number of amides is 1. The number of benzene rings is 1. The number of nitrogens with two attached hydrogens (primary N) is 3. The summed E-state index contributed by atoms with van der Waals surface area (Å²) < 4.78 is 14.5. The van der Waals surface area contributed by atoms with Gasteiger partial charge >= 0.3 is 0 Å². The van der Waals surface area contributed by atoms with Crippen LogP contribution in [0.4, 0.5) is 27.4 Å². The second-order valence-electron chi connectivity index (χ2n) is 7.01. The summed E-state index contributed by atoms with van der Waals surface area (Å²) in [6.45, 7) is 1.51. The molecule has 3 atom stereocenters. The topological polar surface area (TPSA) is 145 Å². The van der Waals surface area contributed by atoms with E-state index in [9.17, 15) is 9.18 Å². The number of nitrogen functional groups attached to an aromatic ring is 1. The molecule has 27 heavy (non-hydrogen) atoms. The van der Waals surface area contributed by atoms with E-state index in [0.717, 1.165) is 12.8 Å². The summed E-state index contributed by atoms with van der Waals surface area (Å²) in [5.74, 6) is -0.152. The van der Waals surface area contributed by atoms with Gasteiger partial charge in [-0.2, -0.15) is 0 Å². The number of carbonyl (C=O) groups excluding carboxylic acids is 1. The number of nitrogens with zero attached hydrogens (tertiary/aromatic N) is 2. The number of aromatic nitrogens is 2. The van der Waals surface area contributed by atoms with E-state index < -0.39 is 17.6 Å². The molecule has 0 spiro atoms. The Labute approximate surface area is 156 Å². The van der Waals surface area contributed by atoms with Gasteiger partial charge in [0, 0.05) is 17.4 Å². The lowest BCUT2D eigenvalue weighted by Gasteiger charge is -2.39. The second-order valence-corrected chi connectivity index (χ2v) is 7.01. The van der Waals surface area contributed by atoms with Gasteiger partial charge in [0.25, 0.3) is 5.91 Å². The Morgan fingerprint density at radius 1 is 1.41 bits per heavy atom. The maximum Gasteiger partial charge on any atom is 0.271 e. The number of alkyl halides is 1. The fraction of sp³-hybridized carbons (Fsp3) is 0.389. The molecule has 2 aromatic rings. The monoisotopic (exact) mass is 373 g/mol. The third kappa shape index (κ3) is 4.25. The van der Waals surface area contributed by atoms with Crippen LogP contribution in [-0.2, 0) is 0 Å². The first kappa shape index (κ1) is 18.8. The van der Waals surface area contributed by atoms with E-state index in [1.807, 2.05) is 0 Å². The highest BCUT2D eigenvalue weighted by atomic mass is 19.1. The first-order valence-electron chi connectivity index (χ1n) is 8.77. The molecule has 8 N–H and O–H groups in total. The van der Waals surface area contributed by atoms with Gasteiger partial charge in [-0.25, -0.2) is 14.4 Å². The van der Waals surface area contributed by atoms with Crippen molar-refractivity contribution >= 4 is 28.9 Å². The molecule has 1 aliphatic carbocycles. The van der Waals surface area contributed by atoms with E-state index in [1.54, 1.807) is 24.3 Å². The van der Waals surface area contributed by atoms with Crippen molar-refractivity contribution in [1.82, 2.24) is 9.97 Å². The minimum Gasteiger partial charge on any atom is -0.399 e. The van der Waals surface area contributed by atoms with Crippen molar-refractivity contribution in [2.75, 3.05) is 16.4 Å². The predicted octanol–water partition coefficient (Wildman–Crippen LogP) is 1.92. The first-order chi connectivity index (χ1) is 12.8. The quantitative estimate of drug-likeness (QED) is 0.503. The fourth-order valence-corrected chi connectivity index (χ4v) is 3.26. The highest BCUT2D eigenvalue weighted by Gasteiger charge is 2.40. The molecule has 0 radical (unpaired) electrons. The maximum absolute atomic E-state index is 14.5. The summed E-state index contributed by atoms with van der Waals surface area (Å²) >= 11 is 0. The largest absolute Gasteiger partial charge is 0.399 e. The number of rotatable bonds is 5. The molecule has 1 saturated carbocycles. The number of hydrogen-bond acceptors (Lipinski definition) is 7. The van der Waals surface area contributed by atoms with Gasteiger partial charge in [0.15, 0.2) is 11.5 Å². The number of carbonyl (C=O) groups is 1. The van der Waals surface area contributed by atoms with Crippen molar-refractivity contribution in [3.63, 3.8) is 0 Å². The zero-order valence-corrected chi connectivity index (χ0v) is 15.1. The average Bonchev–Trinajstić information content (AvgIpc) is 2.59. The Morgan fingerprint density at radius 2 is 2.19 bits per heavy atom. The lowest BCUT2D eigenvalue weighted by atomic mass is 9.80. The van der Waals surface area contributed by atoms with Gasteiger partial charge in [0.2, 0.25) is 0 Å². The molecule has 1 heterocycles. The van der Waals surface area contributed by atoms with E-state index >= 15 is 0 Å². The van der Waals surface area contributed by atoms with Crippen LogP contribution in [-0.4, -0.2) is 33.6 Å². The van der Waals surface area contributed by atoms with Gasteiger partial charge in [0.1, 0.15) is 11.5 Å². The molecule has 144 valence electrons. The van der Waals surface area contributed by atoms with Gasteiger partial charge in [-0.15, -0.1) is 0 Å². The summed E-state index contributed by atoms with van der Waals surface area (Å²) in [5.41, 5.74) is 17.0. The molecule has 1 aliphatic rings. The molecule has 3 rings (SSSR count). The number of nitrogens with one attached hydrogen (secondary N) is 2. The van der Waals surface area contributed by atoms with Crippen molar-refractivity contribution in [3.05, 3.63) is 36.2 Å². The SMILES string of the molecule is CC1(F)CCC[C@@H](Nc2cnc(C(N)=O)c(Nc3cccc(N)c3)n2)[C@H]1N. The van der Waals surface area contributed by atoms with Gasteiger partial charge in [0.05, 0.1) is 12.2 Å². The van der Waals surface area contributed by atoms with Crippen molar-refractivity contribution in [1.29, 1.82) is 0 Å². The first-order valence-corrected chi connectivity index (χ1v) is 8.77. The highest BCUT2D eigenvalue weighted by molar-refractivity contribution is 5.96. The van der Waals surface area contributed by atoms with Gasteiger partial charge in [-0.1, -0.05) is 6.07 Å². The molecule has 0 bridgehead atoms. The lowest BCUT2D eigenvalue weighted by molar-refractivity contribution is 0.0946. The Hall–Kier alpha value is -2.94. The molecule has 1 aromatic heterocycles. The van der Waals surface area contributed by atoms with Crippen LogP contribution in [0.2, 0.25) is 0 Å². The molecule has 8 nitrogen and oxygen atoms in total. The molecule has 0 saturated heterocycles. The van der Waals surface area contributed by atoms with Crippen LogP contribution in [0.1, 0.15) is 36.7 Å². The summed E-state index contributed by atoms with van der Waals surface area (Å²) in [4.78, 5) is 20.2. The van der Waals surface area contributed by atoms with Gasteiger partial charge < -0.3 is 27.8 Å². The third-order valence-corrected chi connectivity index (χ3v) is 4.80. The second kappa shape index (κ2) is 7.36. The van der Waals surface area contributed by atoms with Crippen LogP contribution in [0.5, 0.6) is 0 Å². The summed E-state index contributed by atoms with van der Waals surface area (Å²) in [7, 11) is 0.